The van der Waals surface area contributed by atoms with E-state index in [0.717, 1.165) is 40.2 Å². The number of rotatable bonds is 5. The fourth-order valence-corrected chi connectivity index (χ4v) is 5.48. The van der Waals surface area contributed by atoms with Crippen LogP contribution in [0.2, 0.25) is 0 Å². The Labute approximate surface area is 195 Å². The van der Waals surface area contributed by atoms with Crippen LogP contribution in [0.1, 0.15) is 35.7 Å². The molecule has 2 fully saturated rings. The number of ether oxygens (including phenoxy) is 2. The molecular weight excluding hydrogens is 432 g/mol. The van der Waals surface area contributed by atoms with Crippen molar-refractivity contribution in [3.63, 3.8) is 0 Å². The number of fused-ring (bicyclic) bond motifs is 3. The number of hydrogen-bond acceptors (Lipinski definition) is 6. The Morgan fingerprint density at radius 2 is 2.00 bits per heavy atom. The Morgan fingerprint density at radius 1 is 1.12 bits per heavy atom. The molecule has 8 nitrogen and oxygen atoms in total. The first-order chi connectivity index (χ1) is 16.6. The van der Waals surface area contributed by atoms with E-state index in [-0.39, 0.29) is 23.0 Å². The fraction of sp³-hybridized carbons (Fsp3) is 0.269. The largest absolute Gasteiger partial charge is 0.508 e. The van der Waals surface area contributed by atoms with Crippen molar-refractivity contribution >= 4 is 22.8 Å². The number of anilines is 1. The number of nitrogens with zero attached hydrogens (tertiary/aromatic N) is 2. The maximum Gasteiger partial charge on any atom is 0.225 e. The first-order valence-electron chi connectivity index (χ1n) is 11.4. The molecule has 0 bridgehead atoms. The van der Waals surface area contributed by atoms with E-state index < -0.39 is 0 Å². The minimum absolute atomic E-state index is 0.0358. The minimum atomic E-state index is -0.0531. The molecule has 3 atom stereocenters. The quantitative estimate of drug-likeness (QED) is 0.412. The average molecular weight is 454 g/mol. The second-order valence-electron chi connectivity index (χ2n) is 9.30. The van der Waals surface area contributed by atoms with Crippen LogP contribution in [0.5, 0.6) is 23.0 Å². The number of hydrogen-bond donors (Lipinski definition) is 3. The van der Waals surface area contributed by atoms with Crippen molar-refractivity contribution in [3.05, 3.63) is 65.6 Å². The van der Waals surface area contributed by atoms with Crippen LogP contribution in [-0.2, 0) is 16.6 Å². The van der Waals surface area contributed by atoms with Crippen molar-refractivity contribution in [2.75, 3.05) is 12.4 Å². The van der Waals surface area contributed by atoms with E-state index >= 15 is 0 Å². The number of aromatic hydroxyl groups is 1. The van der Waals surface area contributed by atoms with Gasteiger partial charge in [0.05, 0.1) is 18.1 Å². The summed E-state index contributed by atoms with van der Waals surface area (Å²) in [6.45, 7) is 0. The summed E-state index contributed by atoms with van der Waals surface area (Å²) in [4.78, 5) is 24.3. The topological polar surface area (TPSA) is 109 Å². The lowest BCUT2D eigenvalue weighted by atomic mass is 9.95. The third kappa shape index (κ3) is 2.74. The molecule has 4 aromatic rings. The van der Waals surface area contributed by atoms with E-state index in [1.807, 2.05) is 30.3 Å². The number of amides is 1. The molecule has 3 unspecified atom stereocenters. The van der Waals surface area contributed by atoms with Crippen LogP contribution >= 0.6 is 0 Å². The summed E-state index contributed by atoms with van der Waals surface area (Å²) in [6.07, 6.45) is 3.67. The third-order valence-electron chi connectivity index (χ3n) is 7.47. The zero-order valence-electron chi connectivity index (χ0n) is 18.5. The second kappa shape index (κ2) is 6.72. The number of aromatic amines is 1. The Balaban J connectivity index is 1.19. The van der Waals surface area contributed by atoms with Gasteiger partial charge < -0.3 is 24.9 Å². The van der Waals surface area contributed by atoms with Crippen LogP contribution < -0.4 is 14.8 Å². The van der Waals surface area contributed by atoms with Gasteiger partial charge in [-0.15, -0.1) is 0 Å². The fourth-order valence-electron chi connectivity index (χ4n) is 5.48. The summed E-state index contributed by atoms with van der Waals surface area (Å²) < 4.78 is 11.5. The maximum atomic E-state index is 11.7. The van der Waals surface area contributed by atoms with E-state index in [2.05, 4.69) is 15.3 Å². The molecule has 3 aliphatic rings. The number of methoxy groups -OCH3 is 1. The standard InChI is InChI=1S/C26H22N4O4/c1-33-13-2-5-18-19(11-13)29-25(28-18)26-12-17(26)23(26)16-10-14(3-6-20(16)31)34-21-8-9-27-24-15(21)4-7-22(32)30-24/h2-3,5-6,8-11,17,23,31H,4,7,12H2,1H3,(H,28,29)(H,27,30,32). The molecule has 2 saturated carbocycles. The van der Waals surface area contributed by atoms with E-state index in [9.17, 15) is 9.90 Å². The highest BCUT2D eigenvalue weighted by molar-refractivity contribution is 5.93. The van der Waals surface area contributed by atoms with Gasteiger partial charge in [0.15, 0.2) is 0 Å². The molecule has 1 aliphatic heterocycles. The lowest BCUT2D eigenvalue weighted by molar-refractivity contribution is -0.116. The predicted molar refractivity (Wildman–Crippen MR) is 125 cm³/mol. The number of carbonyl (C=O) groups excluding carboxylic acids is 1. The predicted octanol–water partition coefficient (Wildman–Crippen LogP) is 4.40. The van der Waals surface area contributed by atoms with Crippen LogP contribution in [0.4, 0.5) is 5.82 Å². The Kier molecular flexibility index (Phi) is 3.84. The van der Waals surface area contributed by atoms with Gasteiger partial charge in [-0.1, -0.05) is 0 Å². The summed E-state index contributed by atoms with van der Waals surface area (Å²) in [5.41, 5.74) is 3.58. The number of carbonyl (C=O) groups is 1. The van der Waals surface area contributed by atoms with Gasteiger partial charge in [0.25, 0.3) is 0 Å². The molecule has 1 amide bonds. The van der Waals surface area contributed by atoms with E-state index in [0.29, 0.717) is 36.1 Å². The van der Waals surface area contributed by atoms with Crippen molar-refractivity contribution in [2.24, 2.45) is 5.92 Å². The molecule has 2 aliphatic carbocycles. The number of H-pyrrole nitrogens is 1. The molecule has 0 spiro atoms. The van der Waals surface area contributed by atoms with Crippen LogP contribution in [0.25, 0.3) is 11.0 Å². The summed E-state index contributed by atoms with van der Waals surface area (Å²) in [5.74, 6) is 4.52. The van der Waals surface area contributed by atoms with Crippen molar-refractivity contribution < 1.29 is 19.4 Å². The van der Waals surface area contributed by atoms with Gasteiger partial charge in [-0.3, -0.25) is 4.79 Å². The van der Waals surface area contributed by atoms with Crippen molar-refractivity contribution in [1.29, 1.82) is 0 Å². The number of imidazole rings is 1. The zero-order chi connectivity index (χ0) is 23.0. The van der Waals surface area contributed by atoms with Gasteiger partial charge in [0.2, 0.25) is 5.91 Å². The number of phenols is 1. The smallest absolute Gasteiger partial charge is 0.225 e. The van der Waals surface area contributed by atoms with Crippen LogP contribution in [0.3, 0.4) is 0 Å². The van der Waals surface area contributed by atoms with Gasteiger partial charge in [-0.05, 0) is 55.2 Å². The van der Waals surface area contributed by atoms with Gasteiger partial charge >= 0.3 is 0 Å². The molecule has 170 valence electrons. The van der Waals surface area contributed by atoms with Gasteiger partial charge in [-0.25, -0.2) is 9.97 Å². The highest BCUT2D eigenvalue weighted by atomic mass is 16.5. The molecule has 0 saturated heterocycles. The van der Waals surface area contributed by atoms with Gasteiger partial charge in [0, 0.05) is 41.1 Å². The Hall–Kier alpha value is -4.07. The molecule has 34 heavy (non-hydrogen) atoms. The number of benzene rings is 2. The number of nitrogens with one attached hydrogen (secondary N) is 2. The van der Waals surface area contributed by atoms with Crippen LogP contribution in [-0.4, -0.2) is 33.1 Å². The lowest BCUT2D eigenvalue weighted by Gasteiger charge is -2.19. The van der Waals surface area contributed by atoms with Crippen molar-refractivity contribution in [3.8, 4) is 23.0 Å². The first kappa shape index (κ1) is 19.4. The second-order valence-corrected chi connectivity index (χ2v) is 9.30. The highest BCUT2D eigenvalue weighted by Gasteiger charge is 2.81. The molecular formula is C26H22N4O4. The summed E-state index contributed by atoms with van der Waals surface area (Å²) in [6, 6.07) is 13.0. The Bertz CT molecular complexity index is 1500. The zero-order valence-corrected chi connectivity index (χ0v) is 18.5. The van der Waals surface area contributed by atoms with Gasteiger partial charge in [-0.2, -0.15) is 0 Å². The Morgan fingerprint density at radius 3 is 2.85 bits per heavy atom. The van der Waals surface area contributed by atoms with Crippen LogP contribution in [0, 0.1) is 5.92 Å². The summed E-state index contributed by atoms with van der Waals surface area (Å²) in [5, 5.41) is 13.5. The van der Waals surface area contributed by atoms with Crippen LogP contribution in [0.15, 0.2) is 48.7 Å². The monoisotopic (exact) mass is 454 g/mol. The van der Waals surface area contributed by atoms with Crippen molar-refractivity contribution in [2.45, 2.75) is 30.6 Å². The molecule has 8 heteroatoms. The van der Waals surface area contributed by atoms with E-state index in [4.69, 9.17) is 14.5 Å². The summed E-state index contributed by atoms with van der Waals surface area (Å²) >= 11 is 0. The first-order valence-corrected chi connectivity index (χ1v) is 11.4. The van der Waals surface area contributed by atoms with Gasteiger partial charge in [0.1, 0.15) is 34.6 Å². The average Bonchev–Trinajstić information content (AvgIpc) is 3.67. The van der Waals surface area contributed by atoms with E-state index in [1.165, 1.54) is 0 Å². The SMILES string of the molecule is COc1ccc2nc(C34CC3C4c3cc(Oc4ccnc5c4CCC(=O)N5)ccc3O)[nH]c2c1. The number of aromatic nitrogens is 3. The normalized spacial score (nSPS) is 24.2. The molecule has 7 rings (SSSR count). The molecule has 2 aromatic heterocycles. The lowest BCUT2D eigenvalue weighted by Crippen LogP contribution is -2.20. The molecule has 3 N–H and O–H groups in total. The maximum absolute atomic E-state index is 11.7. The molecule has 3 heterocycles. The van der Waals surface area contributed by atoms with Crippen molar-refractivity contribution in [1.82, 2.24) is 15.0 Å². The highest BCUT2D eigenvalue weighted by Crippen LogP contribution is 2.84. The minimum Gasteiger partial charge on any atom is -0.508 e. The van der Waals surface area contributed by atoms with E-state index in [1.54, 1.807) is 25.4 Å². The number of pyridine rings is 1. The number of phenolic OH excluding ortho intramolecular Hbond substituents is 1. The molecule has 0 radical (unpaired) electrons. The third-order valence-corrected chi connectivity index (χ3v) is 7.47. The summed E-state index contributed by atoms with van der Waals surface area (Å²) in [7, 11) is 1.65. The molecule has 2 aromatic carbocycles.